The van der Waals surface area contributed by atoms with Gasteiger partial charge < -0.3 is 4.74 Å². The van der Waals surface area contributed by atoms with Crippen LogP contribution in [0.1, 0.15) is 25.6 Å². The van der Waals surface area contributed by atoms with E-state index in [1.165, 1.54) is 17.6 Å². The third kappa shape index (κ3) is 4.84. The van der Waals surface area contributed by atoms with Gasteiger partial charge in [-0.3, -0.25) is 4.79 Å². The number of hydrogen-bond acceptors (Lipinski definition) is 5. The first-order chi connectivity index (χ1) is 17.0. The summed E-state index contributed by atoms with van der Waals surface area (Å²) in [5.74, 6) is -0.611. The Morgan fingerprint density at radius 1 is 0.943 bits per heavy atom. The third-order valence-corrected chi connectivity index (χ3v) is 7.45. The molecule has 0 unspecified atom stereocenters. The van der Waals surface area contributed by atoms with E-state index in [9.17, 15) is 9.59 Å². The molecular weight excluding hydrogens is 548 g/mol. The number of ether oxygens (including phenoxy) is 1. The number of amides is 1. The van der Waals surface area contributed by atoms with Crippen LogP contribution in [0.5, 0.6) is 5.75 Å². The molecule has 4 aromatic carbocycles. The zero-order valence-corrected chi connectivity index (χ0v) is 21.2. The Hall–Kier alpha value is -3.52. The van der Waals surface area contributed by atoms with Gasteiger partial charge in [0.15, 0.2) is 0 Å². The van der Waals surface area contributed by atoms with E-state index in [0.29, 0.717) is 26.8 Å². The molecule has 0 aliphatic carbocycles. The number of rotatable bonds is 5. The van der Waals surface area contributed by atoms with Gasteiger partial charge in [-0.15, -0.1) is 11.3 Å². The molecule has 1 N–H and O–H groups in total. The quantitative estimate of drug-likeness (QED) is 0.104. The first-order valence-electron chi connectivity index (χ1n) is 10.5. The molecule has 0 aliphatic rings. The Morgan fingerprint density at radius 2 is 1.71 bits per heavy atom. The van der Waals surface area contributed by atoms with Crippen molar-refractivity contribution >= 4 is 77.8 Å². The standard InChI is InChI=1S/C27H16BrClN2O3S/c28-18-8-5-7-17(14-18)26(32)31-30-15-21-19-9-2-1-6-16(19)12-13-22(21)34-27(33)25-24(29)20-10-3-4-11-23(20)35-25/h1-15H,(H,31,32)/b30-15-. The van der Waals surface area contributed by atoms with E-state index in [1.54, 1.807) is 24.3 Å². The van der Waals surface area contributed by atoms with Crippen LogP contribution in [0.15, 0.2) is 94.5 Å². The Kier molecular flexibility index (Phi) is 6.63. The lowest BCUT2D eigenvalue weighted by Crippen LogP contribution is -2.17. The summed E-state index contributed by atoms with van der Waals surface area (Å²) in [6.07, 6.45) is 1.48. The summed E-state index contributed by atoms with van der Waals surface area (Å²) < 4.78 is 7.48. The molecule has 1 aromatic heterocycles. The Balaban J connectivity index is 1.46. The molecule has 5 nitrogen and oxygen atoms in total. The second kappa shape index (κ2) is 10.00. The van der Waals surface area contributed by atoms with Crippen LogP contribution < -0.4 is 10.2 Å². The van der Waals surface area contributed by atoms with E-state index in [0.717, 1.165) is 25.3 Å². The van der Waals surface area contributed by atoms with Gasteiger partial charge in [0.2, 0.25) is 0 Å². The number of fused-ring (bicyclic) bond motifs is 2. The van der Waals surface area contributed by atoms with Crippen molar-refractivity contribution in [2.45, 2.75) is 0 Å². The number of carbonyl (C=O) groups is 2. The second-order valence-electron chi connectivity index (χ2n) is 7.54. The average molecular weight is 564 g/mol. The molecule has 172 valence electrons. The van der Waals surface area contributed by atoms with E-state index in [1.807, 2.05) is 60.7 Å². The maximum absolute atomic E-state index is 13.1. The summed E-state index contributed by atoms with van der Waals surface area (Å²) in [6, 6.07) is 25.7. The Labute approximate surface area is 218 Å². The van der Waals surface area contributed by atoms with Gasteiger partial charge in [0.25, 0.3) is 5.91 Å². The van der Waals surface area contributed by atoms with Crippen molar-refractivity contribution < 1.29 is 14.3 Å². The van der Waals surface area contributed by atoms with Gasteiger partial charge >= 0.3 is 5.97 Å². The third-order valence-electron chi connectivity index (χ3n) is 5.30. The largest absolute Gasteiger partial charge is 0.422 e. The first kappa shape index (κ1) is 23.2. The molecule has 0 aliphatic heterocycles. The number of nitrogens with one attached hydrogen (secondary N) is 1. The average Bonchev–Trinajstić information content (AvgIpc) is 3.21. The molecular formula is C27H16BrClN2O3S. The number of hydrogen-bond donors (Lipinski definition) is 1. The number of thiophene rings is 1. The molecule has 0 radical (unpaired) electrons. The van der Waals surface area contributed by atoms with E-state index >= 15 is 0 Å². The lowest BCUT2D eigenvalue weighted by Gasteiger charge is -2.10. The van der Waals surface area contributed by atoms with Crippen molar-refractivity contribution in [1.82, 2.24) is 5.43 Å². The zero-order valence-electron chi connectivity index (χ0n) is 18.0. The minimum absolute atomic E-state index is 0.308. The molecule has 0 fully saturated rings. The zero-order chi connectivity index (χ0) is 24.4. The van der Waals surface area contributed by atoms with Crippen molar-refractivity contribution in [3.8, 4) is 5.75 Å². The molecule has 0 spiro atoms. The van der Waals surface area contributed by atoms with Crippen LogP contribution in [0.3, 0.4) is 0 Å². The van der Waals surface area contributed by atoms with Crippen molar-refractivity contribution in [2.24, 2.45) is 5.10 Å². The highest BCUT2D eigenvalue weighted by Gasteiger charge is 2.20. The minimum Gasteiger partial charge on any atom is -0.422 e. The predicted molar refractivity (Wildman–Crippen MR) is 145 cm³/mol. The van der Waals surface area contributed by atoms with Gasteiger partial charge in [0.05, 0.1) is 11.2 Å². The summed E-state index contributed by atoms with van der Waals surface area (Å²) >= 11 is 11.1. The minimum atomic E-state index is -0.556. The fraction of sp³-hybridized carbons (Fsp3) is 0. The van der Waals surface area contributed by atoms with Crippen LogP contribution in [-0.4, -0.2) is 18.1 Å². The maximum Gasteiger partial charge on any atom is 0.355 e. The van der Waals surface area contributed by atoms with Gasteiger partial charge in [0.1, 0.15) is 10.6 Å². The molecule has 5 rings (SSSR count). The lowest BCUT2D eigenvalue weighted by molar-refractivity contribution is 0.0739. The Bertz CT molecular complexity index is 1630. The molecule has 1 heterocycles. The van der Waals surface area contributed by atoms with Crippen molar-refractivity contribution in [3.63, 3.8) is 0 Å². The van der Waals surface area contributed by atoms with Crippen molar-refractivity contribution in [1.29, 1.82) is 0 Å². The van der Waals surface area contributed by atoms with E-state index in [2.05, 4.69) is 26.5 Å². The molecule has 35 heavy (non-hydrogen) atoms. The molecule has 8 heteroatoms. The van der Waals surface area contributed by atoms with Crippen LogP contribution in [0, 0.1) is 0 Å². The van der Waals surface area contributed by atoms with E-state index in [-0.39, 0.29) is 5.91 Å². The van der Waals surface area contributed by atoms with Gasteiger partial charge in [-0.1, -0.05) is 82.1 Å². The van der Waals surface area contributed by atoms with Crippen LogP contribution >= 0.6 is 38.9 Å². The molecule has 0 saturated carbocycles. The van der Waals surface area contributed by atoms with Gasteiger partial charge in [0, 0.05) is 25.7 Å². The number of hydrazone groups is 1. The number of carbonyl (C=O) groups excluding carboxylic acids is 2. The van der Waals surface area contributed by atoms with Gasteiger partial charge in [-0.05, 0) is 41.1 Å². The molecule has 5 aromatic rings. The predicted octanol–water partition coefficient (Wildman–Crippen LogP) is 7.45. The monoisotopic (exact) mass is 562 g/mol. The van der Waals surface area contributed by atoms with Crippen LogP contribution in [0.4, 0.5) is 0 Å². The normalized spacial score (nSPS) is 11.3. The van der Waals surface area contributed by atoms with Crippen LogP contribution in [-0.2, 0) is 0 Å². The van der Waals surface area contributed by atoms with Crippen LogP contribution in [0.2, 0.25) is 5.02 Å². The molecule has 0 atom stereocenters. The maximum atomic E-state index is 13.1. The van der Waals surface area contributed by atoms with Gasteiger partial charge in [-0.2, -0.15) is 5.10 Å². The van der Waals surface area contributed by atoms with E-state index in [4.69, 9.17) is 16.3 Å². The fourth-order valence-corrected chi connectivity index (χ4v) is 5.42. The summed E-state index contributed by atoms with van der Waals surface area (Å²) in [5.41, 5.74) is 3.55. The van der Waals surface area contributed by atoms with Gasteiger partial charge in [-0.25, -0.2) is 10.2 Å². The number of benzene rings is 4. The van der Waals surface area contributed by atoms with Crippen molar-refractivity contribution in [2.75, 3.05) is 0 Å². The second-order valence-corrected chi connectivity index (χ2v) is 9.88. The molecule has 1 amide bonds. The number of halogens is 2. The smallest absolute Gasteiger partial charge is 0.355 e. The summed E-state index contributed by atoms with van der Waals surface area (Å²) in [4.78, 5) is 25.9. The summed E-state index contributed by atoms with van der Waals surface area (Å²) in [5, 5.41) is 7.07. The molecule has 0 bridgehead atoms. The fourth-order valence-electron chi connectivity index (χ4n) is 3.64. The highest BCUT2D eigenvalue weighted by Crippen LogP contribution is 2.36. The highest BCUT2D eigenvalue weighted by atomic mass is 79.9. The number of esters is 1. The first-order valence-corrected chi connectivity index (χ1v) is 12.5. The van der Waals surface area contributed by atoms with Crippen molar-refractivity contribution in [3.05, 3.63) is 110 Å². The summed E-state index contributed by atoms with van der Waals surface area (Å²) in [6.45, 7) is 0. The highest BCUT2D eigenvalue weighted by molar-refractivity contribution is 9.10. The van der Waals surface area contributed by atoms with Crippen LogP contribution in [0.25, 0.3) is 20.9 Å². The Morgan fingerprint density at radius 3 is 2.51 bits per heavy atom. The topological polar surface area (TPSA) is 67.8 Å². The summed E-state index contributed by atoms with van der Waals surface area (Å²) in [7, 11) is 0. The lowest BCUT2D eigenvalue weighted by atomic mass is 10.0. The SMILES string of the molecule is O=C(N/N=C\c1c(OC(=O)c2sc3ccccc3c2Cl)ccc2ccccc12)c1cccc(Br)c1. The van der Waals surface area contributed by atoms with E-state index < -0.39 is 5.97 Å². The number of nitrogens with zero attached hydrogens (tertiary/aromatic N) is 1. The molecule has 0 saturated heterocycles.